The van der Waals surface area contributed by atoms with Crippen LogP contribution >= 0.6 is 11.6 Å². The minimum Gasteiger partial charge on any atom is -0.468 e. The summed E-state index contributed by atoms with van der Waals surface area (Å²) in [5.41, 5.74) is 3.67. The Morgan fingerprint density at radius 1 is 1.03 bits per heavy atom. The second kappa shape index (κ2) is 11.4. The van der Waals surface area contributed by atoms with Crippen LogP contribution in [0.15, 0.2) is 84.0 Å². The molecule has 0 bridgehead atoms. The average molecular weight is 545 g/mol. The van der Waals surface area contributed by atoms with Gasteiger partial charge in [-0.25, -0.2) is 0 Å². The molecule has 0 spiro atoms. The molecule has 1 N–H and O–H groups in total. The fourth-order valence-corrected chi connectivity index (χ4v) is 4.39. The minimum atomic E-state index is -0.432. The van der Waals surface area contributed by atoms with Crippen LogP contribution in [0.1, 0.15) is 27.2 Å². The monoisotopic (exact) mass is 544 g/mol. The van der Waals surface area contributed by atoms with Gasteiger partial charge in [0.1, 0.15) is 6.54 Å². The Bertz CT molecular complexity index is 1700. The predicted molar refractivity (Wildman–Crippen MR) is 146 cm³/mol. The summed E-state index contributed by atoms with van der Waals surface area (Å²) in [4.78, 5) is 36.6. The summed E-state index contributed by atoms with van der Waals surface area (Å²) >= 11 is 6.17. The Hall–Kier alpha value is -4.70. The van der Waals surface area contributed by atoms with Gasteiger partial charge in [0.05, 0.1) is 49.7 Å². The molecule has 10 nitrogen and oxygen atoms in total. The zero-order valence-corrected chi connectivity index (χ0v) is 21.8. The maximum atomic E-state index is 12.8. The Kier molecular flexibility index (Phi) is 7.55. The van der Waals surface area contributed by atoms with E-state index in [0.717, 1.165) is 16.5 Å². The third-order valence-electron chi connectivity index (χ3n) is 6.23. The van der Waals surface area contributed by atoms with Crippen LogP contribution in [0.3, 0.4) is 0 Å². The third kappa shape index (κ3) is 6.07. The van der Waals surface area contributed by atoms with E-state index in [1.54, 1.807) is 45.9 Å². The van der Waals surface area contributed by atoms with Crippen molar-refractivity contribution in [3.8, 4) is 0 Å². The van der Waals surface area contributed by atoms with Crippen LogP contribution in [-0.4, -0.2) is 43.1 Å². The van der Waals surface area contributed by atoms with Crippen molar-refractivity contribution in [1.82, 2.24) is 29.4 Å². The number of hydrogen-bond acceptors (Lipinski definition) is 6. The molecule has 198 valence electrons. The largest absolute Gasteiger partial charge is 0.468 e. The van der Waals surface area contributed by atoms with E-state index in [1.165, 1.54) is 24.1 Å². The molecule has 0 aliphatic carbocycles. The van der Waals surface area contributed by atoms with Crippen LogP contribution in [0.5, 0.6) is 0 Å². The van der Waals surface area contributed by atoms with E-state index in [2.05, 4.69) is 15.5 Å². The van der Waals surface area contributed by atoms with Gasteiger partial charge in [-0.3, -0.25) is 23.7 Å². The third-order valence-corrected chi connectivity index (χ3v) is 6.46. The molecule has 5 aromatic rings. The highest BCUT2D eigenvalue weighted by atomic mass is 35.5. The number of nitrogens with one attached hydrogen (secondary N) is 1. The van der Waals surface area contributed by atoms with E-state index in [9.17, 15) is 14.4 Å². The number of rotatable bonds is 9. The lowest BCUT2D eigenvalue weighted by molar-refractivity contribution is -0.141. The van der Waals surface area contributed by atoms with Gasteiger partial charge < -0.3 is 14.6 Å². The molecule has 11 heteroatoms. The van der Waals surface area contributed by atoms with Crippen LogP contribution in [-0.2, 0) is 35.7 Å². The van der Waals surface area contributed by atoms with Crippen LogP contribution in [0.4, 0.5) is 0 Å². The number of pyridine rings is 1. The molecule has 0 saturated carbocycles. The van der Waals surface area contributed by atoms with Crippen molar-refractivity contribution in [2.24, 2.45) is 0 Å². The lowest BCUT2D eigenvalue weighted by Gasteiger charge is -2.07. The molecule has 39 heavy (non-hydrogen) atoms. The maximum Gasteiger partial charge on any atom is 0.327 e. The second-order valence-corrected chi connectivity index (χ2v) is 9.37. The lowest BCUT2D eigenvalue weighted by atomic mass is 10.1. The number of fused-ring (bicyclic) bond motifs is 1. The lowest BCUT2D eigenvalue weighted by Crippen LogP contribution is -2.23. The Balaban J connectivity index is 1.22. The molecule has 2 aromatic carbocycles. The first-order valence-electron chi connectivity index (χ1n) is 12.2. The molecule has 5 rings (SSSR count). The number of aromatic nitrogens is 5. The maximum absolute atomic E-state index is 12.8. The molecule has 3 heterocycles. The molecule has 0 unspecified atom stereocenters. The normalized spacial score (nSPS) is 11.0. The molecular weight excluding hydrogens is 520 g/mol. The van der Waals surface area contributed by atoms with Crippen molar-refractivity contribution < 1.29 is 14.3 Å². The van der Waals surface area contributed by atoms with E-state index in [1.807, 2.05) is 30.3 Å². The molecule has 0 radical (unpaired) electrons. The van der Waals surface area contributed by atoms with Gasteiger partial charge in [0.25, 0.3) is 11.5 Å². The summed E-state index contributed by atoms with van der Waals surface area (Å²) in [5.74, 6) is -0.735. The number of esters is 1. The predicted octanol–water partition coefficient (Wildman–Crippen LogP) is 3.25. The number of ether oxygens (including phenoxy) is 1. The van der Waals surface area contributed by atoms with Gasteiger partial charge in [0.2, 0.25) is 0 Å². The number of methoxy groups -OCH3 is 1. The smallest absolute Gasteiger partial charge is 0.327 e. The Morgan fingerprint density at radius 2 is 1.79 bits per heavy atom. The molecule has 0 saturated heterocycles. The van der Waals surface area contributed by atoms with Gasteiger partial charge >= 0.3 is 5.97 Å². The molecular formula is C28H25ClN6O4. The van der Waals surface area contributed by atoms with Crippen molar-refractivity contribution in [2.75, 3.05) is 7.11 Å². The summed E-state index contributed by atoms with van der Waals surface area (Å²) in [6.45, 7) is 1.07. The van der Waals surface area contributed by atoms with E-state index in [4.69, 9.17) is 16.3 Å². The summed E-state index contributed by atoms with van der Waals surface area (Å²) in [6.07, 6.45) is 4.95. The van der Waals surface area contributed by atoms with E-state index < -0.39 is 5.97 Å². The standard InChI is InChI=1S/C28H25ClN6O4/c1-39-27(37)18-35-25-10-9-22(29)12-23(25)24(32-35)14-30-28(38)21-13-31-34(17-21)16-20-7-5-19(6-8-20)15-33-11-3-2-4-26(33)36/h2-13,17H,14-16,18H2,1H3,(H,30,38). The number of carbonyl (C=O) groups excluding carboxylic acids is 2. The van der Waals surface area contributed by atoms with Crippen LogP contribution < -0.4 is 10.9 Å². The quantitative estimate of drug-likeness (QED) is 0.285. The number of hydrogen-bond donors (Lipinski definition) is 1. The number of carbonyl (C=O) groups is 2. The van der Waals surface area contributed by atoms with Crippen molar-refractivity contribution in [3.63, 3.8) is 0 Å². The van der Waals surface area contributed by atoms with Gasteiger partial charge in [0.15, 0.2) is 0 Å². The molecule has 0 atom stereocenters. The van der Waals surface area contributed by atoms with E-state index in [-0.39, 0.29) is 24.6 Å². The number of halogens is 1. The van der Waals surface area contributed by atoms with Crippen molar-refractivity contribution >= 4 is 34.4 Å². The van der Waals surface area contributed by atoms with Gasteiger partial charge in [0, 0.05) is 28.9 Å². The van der Waals surface area contributed by atoms with Crippen molar-refractivity contribution in [1.29, 1.82) is 0 Å². The fourth-order valence-electron chi connectivity index (χ4n) is 4.21. The Morgan fingerprint density at radius 3 is 2.54 bits per heavy atom. The topological polar surface area (TPSA) is 113 Å². The van der Waals surface area contributed by atoms with Gasteiger partial charge in [-0.15, -0.1) is 0 Å². The molecule has 3 aromatic heterocycles. The second-order valence-electron chi connectivity index (χ2n) is 8.93. The summed E-state index contributed by atoms with van der Waals surface area (Å²) < 4.78 is 9.62. The fraction of sp³-hybridized carbons (Fsp3) is 0.179. The summed E-state index contributed by atoms with van der Waals surface area (Å²) in [5, 5.41) is 12.9. The first kappa shape index (κ1) is 25.9. The van der Waals surface area contributed by atoms with Crippen LogP contribution in [0.25, 0.3) is 10.9 Å². The van der Waals surface area contributed by atoms with Crippen LogP contribution in [0.2, 0.25) is 5.02 Å². The Labute approximate surface area is 228 Å². The molecule has 0 aliphatic rings. The SMILES string of the molecule is COC(=O)Cn1nc(CNC(=O)c2cnn(Cc3ccc(Cn4ccccc4=O)cc3)c2)c2cc(Cl)ccc21. The first-order chi connectivity index (χ1) is 18.9. The molecule has 0 fully saturated rings. The highest BCUT2D eigenvalue weighted by molar-refractivity contribution is 6.31. The van der Waals surface area contributed by atoms with Crippen LogP contribution in [0, 0.1) is 0 Å². The highest BCUT2D eigenvalue weighted by Crippen LogP contribution is 2.23. The first-order valence-corrected chi connectivity index (χ1v) is 12.5. The number of benzene rings is 2. The van der Waals surface area contributed by atoms with Gasteiger partial charge in [-0.05, 0) is 35.4 Å². The molecule has 0 aliphatic heterocycles. The zero-order valence-electron chi connectivity index (χ0n) is 21.1. The average Bonchev–Trinajstić information content (AvgIpc) is 3.54. The summed E-state index contributed by atoms with van der Waals surface area (Å²) in [7, 11) is 1.32. The van der Waals surface area contributed by atoms with Crippen molar-refractivity contribution in [3.05, 3.63) is 117 Å². The number of amides is 1. The highest BCUT2D eigenvalue weighted by Gasteiger charge is 2.16. The minimum absolute atomic E-state index is 0.0459. The zero-order chi connectivity index (χ0) is 27.4. The van der Waals surface area contributed by atoms with Crippen molar-refractivity contribution in [2.45, 2.75) is 26.2 Å². The molecule has 1 amide bonds. The van der Waals surface area contributed by atoms with E-state index >= 15 is 0 Å². The van der Waals surface area contributed by atoms with Gasteiger partial charge in [-0.2, -0.15) is 10.2 Å². The summed E-state index contributed by atoms with van der Waals surface area (Å²) in [6, 6.07) is 18.2. The number of nitrogens with zero attached hydrogens (tertiary/aromatic N) is 5. The van der Waals surface area contributed by atoms with Gasteiger partial charge in [-0.1, -0.05) is 41.9 Å². The van der Waals surface area contributed by atoms with E-state index in [0.29, 0.717) is 34.9 Å².